The first-order valence-electron chi connectivity index (χ1n) is 8.04. The molecule has 2 rings (SSSR count). The Morgan fingerprint density at radius 3 is 1.62 bits per heavy atom. The fourth-order valence-electron chi connectivity index (χ4n) is 2.15. The van der Waals surface area contributed by atoms with Gasteiger partial charge in [0.2, 0.25) is 0 Å². The highest BCUT2D eigenvalue weighted by molar-refractivity contribution is 5.87. The van der Waals surface area contributed by atoms with Crippen molar-refractivity contribution in [3.8, 4) is 0 Å². The molecule has 0 atom stereocenters. The summed E-state index contributed by atoms with van der Waals surface area (Å²) < 4.78 is 0. The van der Waals surface area contributed by atoms with Gasteiger partial charge in [0, 0.05) is 48.0 Å². The molecule has 0 amide bonds. The van der Waals surface area contributed by atoms with Gasteiger partial charge in [-0.05, 0) is 19.2 Å². The van der Waals surface area contributed by atoms with E-state index in [1.165, 1.54) is 0 Å². The first-order chi connectivity index (χ1) is 11.7. The summed E-state index contributed by atoms with van der Waals surface area (Å²) in [5.41, 5.74) is 15.2. The molecule has 0 aliphatic heterocycles. The molecule has 0 saturated carbocycles. The van der Waals surface area contributed by atoms with E-state index in [4.69, 9.17) is 11.5 Å². The molecule has 0 aromatic heterocycles. The second kappa shape index (κ2) is 9.47. The molecule has 0 aliphatic carbocycles. The van der Waals surface area contributed by atoms with E-state index in [-0.39, 0.29) is 0 Å². The molecule has 0 radical (unpaired) electrons. The van der Waals surface area contributed by atoms with Crippen molar-refractivity contribution in [1.82, 2.24) is 4.90 Å². The molecule has 0 heterocycles. The van der Waals surface area contributed by atoms with Crippen LogP contribution in [0.25, 0.3) is 0 Å². The first kappa shape index (κ1) is 17.7. The van der Waals surface area contributed by atoms with Gasteiger partial charge < -0.3 is 16.4 Å². The summed E-state index contributed by atoms with van der Waals surface area (Å²) in [6.07, 6.45) is 3.67. The van der Waals surface area contributed by atoms with Gasteiger partial charge in [-0.2, -0.15) is 0 Å². The molecule has 4 N–H and O–H groups in total. The van der Waals surface area contributed by atoms with E-state index in [0.29, 0.717) is 0 Å². The Balaban J connectivity index is 1.68. The van der Waals surface area contributed by atoms with Crippen LogP contribution in [0.15, 0.2) is 58.5 Å². The molecule has 126 valence electrons. The van der Waals surface area contributed by atoms with E-state index in [1.54, 1.807) is 0 Å². The summed E-state index contributed by atoms with van der Waals surface area (Å²) in [7, 11) is 2.07. The van der Waals surface area contributed by atoms with Crippen LogP contribution in [0.5, 0.6) is 0 Å². The fraction of sp³-hybridized carbons (Fsp3) is 0.263. The SMILES string of the molecule is CN(CCN=Cc1ccccc1N)CCN=Cc1ccccc1N. The van der Waals surface area contributed by atoms with Gasteiger partial charge in [0.15, 0.2) is 0 Å². The minimum absolute atomic E-state index is 0.736. The number of nitrogen functional groups attached to an aromatic ring is 2. The zero-order valence-electron chi connectivity index (χ0n) is 14.1. The quantitative estimate of drug-likeness (QED) is 0.578. The molecule has 5 nitrogen and oxygen atoms in total. The summed E-state index contributed by atoms with van der Waals surface area (Å²) in [4.78, 5) is 11.1. The van der Waals surface area contributed by atoms with Crippen molar-refractivity contribution in [2.45, 2.75) is 0 Å². The Morgan fingerprint density at radius 1 is 0.792 bits per heavy atom. The highest BCUT2D eigenvalue weighted by Crippen LogP contribution is 2.07. The average Bonchev–Trinajstić information content (AvgIpc) is 2.58. The lowest BCUT2D eigenvalue weighted by Crippen LogP contribution is -2.24. The number of para-hydroxylation sites is 2. The second-order valence-electron chi connectivity index (χ2n) is 5.63. The normalized spacial score (nSPS) is 11.8. The van der Waals surface area contributed by atoms with Gasteiger partial charge in [0.1, 0.15) is 0 Å². The Kier molecular flexibility index (Phi) is 6.98. The van der Waals surface area contributed by atoms with Crippen molar-refractivity contribution in [3.63, 3.8) is 0 Å². The van der Waals surface area contributed by atoms with E-state index in [0.717, 1.165) is 48.7 Å². The summed E-state index contributed by atoms with van der Waals surface area (Å²) in [6.45, 7) is 3.23. The average molecular weight is 323 g/mol. The lowest BCUT2D eigenvalue weighted by molar-refractivity contribution is 0.354. The molecule has 0 aliphatic rings. The number of anilines is 2. The van der Waals surface area contributed by atoms with E-state index in [2.05, 4.69) is 21.9 Å². The third-order valence-corrected chi connectivity index (χ3v) is 3.67. The van der Waals surface area contributed by atoms with Crippen LogP contribution < -0.4 is 11.5 Å². The third kappa shape index (κ3) is 5.85. The standard InChI is InChI=1S/C19H25N5/c1-24(12-10-22-14-16-6-2-4-8-18(16)20)13-11-23-15-17-7-3-5-9-19(17)21/h2-9,14-15H,10-13,20-21H2,1H3. The summed E-state index contributed by atoms with van der Waals surface area (Å²) >= 11 is 0. The molecule has 0 spiro atoms. The van der Waals surface area contributed by atoms with E-state index >= 15 is 0 Å². The largest absolute Gasteiger partial charge is 0.398 e. The molecule has 0 saturated heterocycles. The fourth-order valence-corrected chi connectivity index (χ4v) is 2.15. The molecule has 0 fully saturated rings. The second-order valence-corrected chi connectivity index (χ2v) is 5.63. The number of aliphatic imine (C=N–C) groups is 2. The zero-order chi connectivity index (χ0) is 17.2. The van der Waals surface area contributed by atoms with Crippen molar-refractivity contribution < 1.29 is 0 Å². The monoisotopic (exact) mass is 323 g/mol. The van der Waals surface area contributed by atoms with Gasteiger partial charge in [-0.1, -0.05) is 36.4 Å². The van der Waals surface area contributed by atoms with Gasteiger partial charge in [-0.15, -0.1) is 0 Å². The molecule has 2 aromatic carbocycles. The first-order valence-corrected chi connectivity index (χ1v) is 8.04. The predicted octanol–water partition coefficient (Wildman–Crippen LogP) is 2.32. The van der Waals surface area contributed by atoms with Crippen molar-refractivity contribution >= 4 is 23.8 Å². The van der Waals surface area contributed by atoms with Gasteiger partial charge in [-0.25, -0.2) is 0 Å². The predicted molar refractivity (Wildman–Crippen MR) is 104 cm³/mol. The van der Waals surface area contributed by atoms with Crippen LogP contribution >= 0.6 is 0 Å². The topological polar surface area (TPSA) is 80.0 Å². The third-order valence-electron chi connectivity index (χ3n) is 3.67. The number of hydrogen-bond donors (Lipinski definition) is 2. The van der Waals surface area contributed by atoms with Crippen LogP contribution in [0, 0.1) is 0 Å². The van der Waals surface area contributed by atoms with Crippen molar-refractivity contribution in [2.24, 2.45) is 9.98 Å². The molecule has 5 heteroatoms. The van der Waals surface area contributed by atoms with Crippen molar-refractivity contribution in [3.05, 3.63) is 59.7 Å². The van der Waals surface area contributed by atoms with Crippen LogP contribution in [0.4, 0.5) is 11.4 Å². The molecule has 24 heavy (non-hydrogen) atoms. The zero-order valence-corrected chi connectivity index (χ0v) is 14.1. The Bertz CT molecular complexity index is 634. The molecule has 0 unspecified atom stereocenters. The summed E-state index contributed by atoms with van der Waals surface area (Å²) in [5, 5.41) is 0. The number of hydrogen-bond acceptors (Lipinski definition) is 5. The molecule has 0 bridgehead atoms. The van der Waals surface area contributed by atoms with Crippen LogP contribution in [0.1, 0.15) is 11.1 Å². The number of likely N-dealkylation sites (N-methyl/N-ethyl adjacent to an activating group) is 1. The Morgan fingerprint density at radius 2 is 1.21 bits per heavy atom. The smallest absolute Gasteiger partial charge is 0.0516 e. The Labute approximate surface area is 143 Å². The summed E-state index contributed by atoms with van der Waals surface area (Å²) in [6, 6.07) is 15.5. The van der Waals surface area contributed by atoms with Gasteiger partial charge in [-0.3, -0.25) is 9.98 Å². The maximum atomic E-state index is 5.88. The van der Waals surface area contributed by atoms with E-state index in [9.17, 15) is 0 Å². The maximum absolute atomic E-state index is 5.88. The molecular weight excluding hydrogens is 298 g/mol. The number of nitrogens with zero attached hydrogens (tertiary/aromatic N) is 3. The Hall–Kier alpha value is -2.66. The van der Waals surface area contributed by atoms with Crippen LogP contribution in [-0.4, -0.2) is 50.6 Å². The minimum Gasteiger partial charge on any atom is -0.398 e. The summed E-state index contributed by atoms with van der Waals surface area (Å²) in [5.74, 6) is 0. The number of benzene rings is 2. The van der Waals surface area contributed by atoms with Gasteiger partial charge >= 0.3 is 0 Å². The van der Waals surface area contributed by atoms with Crippen molar-refractivity contribution in [1.29, 1.82) is 0 Å². The number of nitrogens with two attached hydrogens (primary N) is 2. The van der Waals surface area contributed by atoms with E-state index < -0.39 is 0 Å². The van der Waals surface area contributed by atoms with Crippen molar-refractivity contribution in [2.75, 3.05) is 44.7 Å². The van der Waals surface area contributed by atoms with Crippen LogP contribution in [0.2, 0.25) is 0 Å². The minimum atomic E-state index is 0.736. The van der Waals surface area contributed by atoms with Crippen LogP contribution in [0.3, 0.4) is 0 Å². The lowest BCUT2D eigenvalue weighted by atomic mass is 10.2. The van der Waals surface area contributed by atoms with Gasteiger partial charge in [0.25, 0.3) is 0 Å². The van der Waals surface area contributed by atoms with Crippen LogP contribution in [-0.2, 0) is 0 Å². The molecule has 2 aromatic rings. The lowest BCUT2D eigenvalue weighted by Gasteiger charge is -2.13. The highest BCUT2D eigenvalue weighted by Gasteiger charge is 1.97. The maximum Gasteiger partial charge on any atom is 0.0516 e. The highest BCUT2D eigenvalue weighted by atomic mass is 15.1. The van der Waals surface area contributed by atoms with E-state index in [1.807, 2.05) is 61.0 Å². The number of rotatable bonds is 8. The van der Waals surface area contributed by atoms with Gasteiger partial charge in [0.05, 0.1) is 13.1 Å². The molecular formula is C19H25N5.